The Hall–Kier alpha value is -1.78. The predicted octanol–water partition coefficient (Wildman–Crippen LogP) is -0.0187. The van der Waals surface area contributed by atoms with Crippen LogP contribution in [0.3, 0.4) is 0 Å². The van der Waals surface area contributed by atoms with Gasteiger partial charge in [-0.1, -0.05) is 19.1 Å². The molecule has 0 aliphatic heterocycles. The van der Waals surface area contributed by atoms with Gasteiger partial charge in [-0.2, -0.15) is 0 Å². The maximum absolute atomic E-state index is 11.1. The molecule has 1 aliphatic carbocycles. The fourth-order valence-electron chi connectivity index (χ4n) is 1.52. The van der Waals surface area contributed by atoms with E-state index in [1.165, 1.54) is 13.0 Å². The second-order valence-corrected chi connectivity index (χ2v) is 3.92. The first kappa shape index (κ1) is 11.3. The van der Waals surface area contributed by atoms with Gasteiger partial charge in [-0.25, -0.2) is 0 Å². The lowest BCUT2D eigenvalue weighted by Crippen LogP contribution is -2.37. The van der Waals surface area contributed by atoms with E-state index in [1.54, 1.807) is 13.0 Å². The number of carbonyl (C=O) groups excluding carboxylic acids is 1. The minimum absolute atomic E-state index is 0.0815. The number of aliphatic carboxylic acids is 1. The molecule has 0 saturated heterocycles. The minimum atomic E-state index is -1.13. The fraction of sp³-hybridized carbons (Fsp3) is 0.400. The topological polar surface area (TPSA) is 106 Å². The SMILES string of the molecule is CC1C=C(N)C(C(N)=O)=CC1(C)C(=O)O. The van der Waals surface area contributed by atoms with Crippen molar-refractivity contribution in [2.24, 2.45) is 22.8 Å². The first-order chi connectivity index (χ1) is 6.79. The fourth-order valence-corrected chi connectivity index (χ4v) is 1.52. The maximum atomic E-state index is 11.1. The number of hydrogen-bond acceptors (Lipinski definition) is 3. The zero-order chi connectivity index (χ0) is 11.8. The van der Waals surface area contributed by atoms with Crippen LogP contribution in [0.25, 0.3) is 0 Å². The zero-order valence-corrected chi connectivity index (χ0v) is 8.65. The maximum Gasteiger partial charge on any atom is 0.313 e. The van der Waals surface area contributed by atoms with Crippen LogP contribution in [0.15, 0.2) is 23.4 Å². The smallest absolute Gasteiger partial charge is 0.313 e. The van der Waals surface area contributed by atoms with Crippen molar-refractivity contribution >= 4 is 11.9 Å². The summed E-state index contributed by atoms with van der Waals surface area (Å²) >= 11 is 0. The molecule has 0 aromatic rings. The van der Waals surface area contributed by atoms with Crippen molar-refractivity contribution in [3.05, 3.63) is 23.4 Å². The van der Waals surface area contributed by atoms with Gasteiger partial charge < -0.3 is 16.6 Å². The van der Waals surface area contributed by atoms with Crippen LogP contribution in [0, 0.1) is 11.3 Å². The minimum Gasteiger partial charge on any atom is -0.481 e. The van der Waals surface area contributed by atoms with Crippen LogP contribution in [0.1, 0.15) is 13.8 Å². The number of allylic oxidation sites excluding steroid dienone is 1. The summed E-state index contributed by atoms with van der Waals surface area (Å²) in [5.74, 6) is -1.99. The van der Waals surface area contributed by atoms with Crippen LogP contribution >= 0.6 is 0 Å². The summed E-state index contributed by atoms with van der Waals surface area (Å²) in [5.41, 5.74) is 9.89. The lowest BCUT2D eigenvalue weighted by Gasteiger charge is -2.31. The van der Waals surface area contributed by atoms with Crippen molar-refractivity contribution in [3.8, 4) is 0 Å². The van der Waals surface area contributed by atoms with Crippen molar-refractivity contribution < 1.29 is 14.7 Å². The molecular weight excluding hydrogens is 196 g/mol. The number of carboxylic acid groups (broad SMARTS) is 1. The molecule has 0 bridgehead atoms. The molecule has 82 valence electrons. The van der Waals surface area contributed by atoms with E-state index in [9.17, 15) is 9.59 Å². The molecule has 0 saturated carbocycles. The van der Waals surface area contributed by atoms with Crippen LogP contribution in [-0.4, -0.2) is 17.0 Å². The quantitative estimate of drug-likeness (QED) is 0.595. The molecule has 0 heterocycles. The van der Waals surface area contributed by atoms with Gasteiger partial charge in [0.15, 0.2) is 0 Å². The van der Waals surface area contributed by atoms with Crippen LogP contribution in [0.4, 0.5) is 0 Å². The van der Waals surface area contributed by atoms with Crippen LogP contribution in [0.2, 0.25) is 0 Å². The number of amides is 1. The lowest BCUT2D eigenvalue weighted by molar-refractivity contribution is -0.146. The Morgan fingerprint density at radius 3 is 2.47 bits per heavy atom. The average Bonchev–Trinajstić information content (AvgIpc) is 2.10. The molecule has 0 aromatic heterocycles. The number of primary amides is 1. The van der Waals surface area contributed by atoms with Gasteiger partial charge in [0.2, 0.25) is 5.91 Å². The van der Waals surface area contributed by atoms with Gasteiger partial charge >= 0.3 is 5.97 Å². The van der Waals surface area contributed by atoms with Crippen LogP contribution in [0.5, 0.6) is 0 Å². The Morgan fingerprint density at radius 2 is 2.07 bits per heavy atom. The molecule has 2 unspecified atom stereocenters. The zero-order valence-electron chi connectivity index (χ0n) is 8.65. The summed E-state index contributed by atoms with van der Waals surface area (Å²) in [6.45, 7) is 3.27. The second-order valence-electron chi connectivity index (χ2n) is 3.92. The summed E-state index contributed by atoms with van der Waals surface area (Å²) in [4.78, 5) is 22.1. The van der Waals surface area contributed by atoms with Crippen molar-refractivity contribution in [1.82, 2.24) is 0 Å². The molecule has 0 radical (unpaired) electrons. The van der Waals surface area contributed by atoms with Gasteiger partial charge in [0.25, 0.3) is 0 Å². The normalized spacial score (nSPS) is 30.4. The van der Waals surface area contributed by atoms with Gasteiger partial charge in [0.05, 0.1) is 11.0 Å². The molecule has 5 nitrogen and oxygen atoms in total. The van der Waals surface area contributed by atoms with E-state index in [0.717, 1.165) is 0 Å². The number of hydrogen-bond donors (Lipinski definition) is 3. The van der Waals surface area contributed by atoms with E-state index in [0.29, 0.717) is 0 Å². The van der Waals surface area contributed by atoms with Crippen LogP contribution < -0.4 is 11.5 Å². The molecule has 1 rings (SSSR count). The van der Waals surface area contributed by atoms with Crippen molar-refractivity contribution in [3.63, 3.8) is 0 Å². The molecule has 15 heavy (non-hydrogen) atoms. The van der Waals surface area contributed by atoms with Crippen molar-refractivity contribution in [2.45, 2.75) is 13.8 Å². The Bertz CT molecular complexity index is 384. The third kappa shape index (κ3) is 1.72. The molecule has 5 N–H and O–H groups in total. The van der Waals surface area contributed by atoms with Gasteiger partial charge in [0, 0.05) is 5.70 Å². The molecule has 1 aliphatic rings. The molecule has 0 aromatic carbocycles. The predicted molar refractivity (Wildman–Crippen MR) is 54.5 cm³/mol. The summed E-state index contributed by atoms with van der Waals surface area (Å²) < 4.78 is 0. The Morgan fingerprint density at radius 1 is 1.53 bits per heavy atom. The monoisotopic (exact) mass is 210 g/mol. The standard InChI is InChI=1S/C10H14N2O3/c1-5-3-7(11)6(8(12)13)4-10(5,2)9(14)15/h3-5H,11H2,1-2H3,(H2,12,13)(H,14,15). The summed E-state index contributed by atoms with van der Waals surface area (Å²) in [5, 5.41) is 9.09. The number of carboxylic acids is 1. The Kier molecular flexibility index (Phi) is 2.57. The number of nitrogens with two attached hydrogens (primary N) is 2. The van der Waals surface area contributed by atoms with Crippen LogP contribution in [-0.2, 0) is 9.59 Å². The lowest BCUT2D eigenvalue weighted by atomic mass is 9.73. The van der Waals surface area contributed by atoms with E-state index in [-0.39, 0.29) is 17.2 Å². The first-order valence-corrected chi connectivity index (χ1v) is 4.52. The van der Waals surface area contributed by atoms with E-state index >= 15 is 0 Å². The molecule has 0 fully saturated rings. The number of carbonyl (C=O) groups is 2. The summed E-state index contributed by atoms with van der Waals surface area (Å²) in [6.07, 6.45) is 2.88. The average molecular weight is 210 g/mol. The van der Waals surface area contributed by atoms with E-state index < -0.39 is 17.3 Å². The largest absolute Gasteiger partial charge is 0.481 e. The van der Waals surface area contributed by atoms with E-state index in [1.807, 2.05) is 0 Å². The Labute approximate surface area is 87.4 Å². The highest BCUT2D eigenvalue weighted by molar-refractivity contribution is 5.98. The highest BCUT2D eigenvalue weighted by Crippen LogP contribution is 2.36. The number of rotatable bonds is 2. The van der Waals surface area contributed by atoms with E-state index in [4.69, 9.17) is 16.6 Å². The third-order valence-corrected chi connectivity index (χ3v) is 2.86. The van der Waals surface area contributed by atoms with Crippen molar-refractivity contribution in [2.75, 3.05) is 0 Å². The molecular formula is C10H14N2O3. The van der Waals surface area contributed by atoms with Crippen molar-refractivity contribution in [1.29, 1.82) is 0 Å². The van der Waals surface area contributed by atoms with Gasteiger partial charge in [0.1, 0.15) is 0 Å². The van der Waals surface area contributed by atoms with Gasteiger partial charge in [-0.15, -0.1) is 0 Å². The summed E-state index contributed by atoms with van der Waals surface area (Å²) in [6, 6.07) is 0. The van der Waals surface area contributed by atoms with Gasteiger partial charge in [-0.3, -0.25) is 9.59 Å². The first-order valence-electron chi connectivity index (χ1n) is 4.52. The summed E-state index contributed by atoms with van der Waals surface area (Å²) in [7, 11) is 0. The highest BCUT2D eigenvalue weighted by Gasteiger charge is 2.40. The molecule has 0 spiro atoms. The second kappa shape index (κ2) is 3.42. The highest BCUT2D eigenvalue weighted by atomic mass is 16.4. The Balaban J connectivity index is 3.26. The molecule has 1 amide bonds. The van der Waals surface area contributed by atoms with E-state index in [2.05, 4.69) is 0 Å². The van der Waals surface area contributed by atoms with Gasteiger partial charge in [-0.05, 0) is 12.8 Å². The third-order valence-electron chi connectivity index (χ3n) is 2.86. The molecule has 2 atom stereocenters. The molecule has 5 heteroatoms.